The monoisotopic (exact) mass is 346 g/mol. The summed E-state index contributed by atoms with van der Waals surface area (Å²) in [5.74, 6) is 1.87. The van der Waals surface area contributed by atoms with Crippen LogP contribution in [0, 0.1) is 0 Å². The fourth-order valence-corrected chi connectivity index (χ4v) is 2.08. The van der Waals surface area contributed by atoms with E-state index < -0.39 is 0 Å². The Bertz CT molecular complexity index is 713. The predicted molar refractivity (Wildman–Crippen MR) is 95.6 cm³/mol. The van der Waals surface area contributed by atoms with E-state index in [4.69, 9.17) is 13.9 Å². The van der Waals surface area contributed by atoms with Crippen LogP contribution in [0.1, 0.15) is 10.6 Å². The first-order chi connectivity index (χ1) is 12.2. The molecule has 0 saturated heterocycles. The van der Waals surface area contributed by atoms with E-state index in [1.807, 2.05) is 12.1 Å². The number of aliphatic imine (C=N–C) groups is 1. The molecule has 0 radical (unpaired) electrons. The van der Waals surface area contributed by atoms with E-state index in [0.717, 1.165) is 5.69 Å². The number of hydrogen-bond acceptors (Lipinski definition) is 5. The van der Waals surface area contributed by atoms with Crippen molar-refractivity contribution in [1.82, 2.24) is 10.6 Å². The van der Waals surface area contributed by atoms with Crippen LogP contribution >= 0.6 is 0 Å². The zero-order chi connectivity index (χ0) is 18.1. The Morgan fingerprint density at radius 3 is 2.52 bits per heavy atom. The maximum atomic E-state index is 11.7. The van der Waals surface area contributed by atoms with Crippen molar-refractivity contribution >= 4 is 17.6 Å². The van der Waals surface area contributed by atoms with Gasteiger partial charge in [0, 0.05) is 31.9 Å². The average molecular weight is 346 g/mol. The molecule has 0 spiro atoms. The third-order valence-corrected chi connectivity index (χ3v) is 3.32. The molecule has 1 amide bonds. The molecule has 8 nitrogen and oxygen atoms in total. The van der Waals surface area contributed by atoms with Crippen molar-refractivity contribution in [1.29, 1.82) is 0 Å². The molecule has 0 aliphatic heterocycles. The standard InChI is InChI=1S/C17H22N4O4/c1-18-17(20-9-8-19-16(22)14-5-4-10-25-14)21-12-6-7-13(23-2)15(11-12)24-3/h4-7,10-11H,8-9H2,1-3H3,(H,19,22)(H2,18,20,21). The van der Waals surface area contributed by atoms with Crippen molar-refractivity contribution < 1.29 is 18.7 Å². The van der Waals surface area contributed by atoms with Crippen LogP contribution in [0.15, 0.2) is 46.0 Å². The van der Waals surface area contributed by atoms with Crippen molar-refractivity contribution in [2.75, 3.05) is 39.7 Å². The smallest absolute Gasteiger partial charge is 0.287 e. The van der Waals surface area contributed by atoms with E-state index in [9.17, 15) is 4.79 Å². The van der Waals surface area contributed by atoms with Crippen molar-refractivity contribution in [3.63, 3.8) is 0 Å². The van der Waals surface area contributed by atoms with Crippen LogP contribution < -0.4 is 25.4 Å². The Morgan fingerprint density at radius 1 is 1.12 bits per heavy atom. The van der Waals surface area contributed by atoms with Gasteiger partial charge >= 0.3 is 0 Å². The second-order valence-corrected chi connectivity index (χ2v) is 4.93. The first-order valence-corrected chi connectivity index (χ1v) is 7.69. The number of amides is 1. The van der Waals surface area contributed by atoms with Crippen LogP contribution in [0.2, 0.25) is 0 Å². The predicted octanol–water partition coefficient (Wildman–Crippen LogP) is 1.71. The van der Waals surface area contributed by atoms with Crippen LogP contribution in [0.4, 0.5) is 5.69 Å². The summed E-state index contributed by atoms with van der Waals surface area (Å²) in [5, 5.41) is 9.00. The number of methoxy groups -OCH3 is 2. The summed E-state index contributed by atoms with van der Waals surface area (Å²) in [6.07, 6.45) is 1.46. The van der Waals surface area contributed by atoms with Gasteiger partial charge in [0.2, 0.25) is 0 Å². The maximum absolute atomic E-state index is 11.7. The molecule has 0 saturated carbocycles. The van der Waals surface area contributed by atoms with Gasteiger partial charge in [-0.2, -0.15) is 0 Å². The van der Waals surface area contributed by atoms with E-state index in [2.05, 4.69) is 20.9 Å². The van der Waals surface area contributed by atoms with Gasteiger partial charge in [-0.05, 0) is 24.3 Å². The number of ether oxygens (including phenoxy) is 2. The first kappa shape index (κ1) is 18.2. The third-order valence-electron chi connectivity index (χ3n) is 3.32. The Balaban J connectivity index is 1.81. The molecule has 1 aromatic heterocycles. The summed E-state index contributed by atoms with van der Waals surface area (Å²) in [7, 11) is 4.83. The second-order valence-electron chi connectivity index (χ2n) is 4.93. The summed E-state index contributed by atoms with van der Waals surface area (Å²) < 4.78 is 15.5. The highest BCUT2D eigenvalue weighted by Gasteiger charge is 2.08. The number of rotatable bonds is 7. The second kappa shape index (κ2) is 9.21. The normalized spacial score (nSPS) is 10.9. The number of benzene rings is 1. The Morgan fingerprint density at radius 2 is 1.88 bits per heavy atom. The van der Waals surface area contributed by atoms with E-state index in [0.29, 0.717) is 30.5 Å². The fraction of sp³-hybridized carbons (Fsp3) is 0.294. The highest BCUT2D eigenvalue weighted by molar-refractivity contribution is 5.94. The van der Waals surface area contributed by atoms with Gasteiger partial charge in [-0.1, -0.05) is 0 Å². The lowest BCUT2D eigenvalue weighted by molar-refractivity contribution is 0.0926. The number of carbonyl (C=O) groups is 1. The Labute approximate surface area is 146 Å². The number of nitrogens with zero attached hydrogens (tertiary/aromatic N) is 1. The highest BCUT2D eigenvalue weighted by Crippen LogP contribution is 2.29. The molecule has 134 valence electrons. The lowest BCUT2D eigenvalue weighted by Crippen LogP contribution is -2.37. The molecule has 0 unspecified atom stereocenters. The minimum atomic E-state index is -0.255. The number of anilines is 1. The van der Waals surface area contributed by atoms with Crippen molar-refractivity contribution in [3.8, 4) is 11.5 Å². The van der Waals surface area contributed by atoms with Crippen LogP contribution in [-0.2, 0) is 0 Å². The van der Waals surface area contributed by atoms with E-state index in [-0.39, 0.29) is 11.7 Å². The molecule has 0 fully saturated rings. The largest absolute Gasteiger partial charge is 0.493 e. The van der Waals surface area contributed by atoms with Gasteiger partial charge in [0.05, 0.1) is 20.5 Å². The van der Waals surface area contributed by atoms with Gasteiger partial charge < -0.3 is 29.8 Å². The van der Waals surface area contributed by atoms with Gasteiger partial charge in [-0.3, -0.25) is 9.79 Å². The van der Waals surface area contributed by atoms with Crippen LogP contribution in [0.3, 0.4) is 0 Å². The van der Waals surface area contributed by atoms with Crippen molar-refractivity contribution in [2.24, 2.45) is 4.99 Å². The molecular weight excluding hydrogens is 324 g/mol. The molecule has 1 heterocycles. The topological polar surface area (TPSA) is 97.1 Å². The average Bonchev–Trinajstić information content (AvgIpc) is 3.18. The molecule has 8 heteroatoms. The molecule has 2 aromatic rings. The zero-order valence-corrected chi connectivity index (χ0v) is 14.5. The third kappa shape index (κ3) is 5.17. The maximum Gasteiger partial charge on any atom is 0.287 e. The van der Waals surface area contributed by atoms with Crippen LogP contribution in [0.25, 0.3) is 0 Å². The number of guanidine groups is 1. The van der Waals surface area contributed by atoms with Gasteiger partial charge in [0.15, 0.2) is 23.2 Å². The SMILES string of the molecule is CN=C(NCCNC(=O)c1ccco1)Nc1ccc(OC)c(OC)c1. The molecule has 0 bridgehead atoms. The Hall–Kier alpha value is -3.16. The first-order valence-electron chi connectivity index (χ1n) is 7.69. The molecule has 3 N–H and O–H groups in total. The number of furan rings is 1. The quantitative estimate of drug-likeness (QED) is 0.401. The van der Waals surface area contributed by atoms with E-state index in [1.165, 1.54) is 6.26 Å². The minimum Gasteiger partial charge on any atom is -0.493 e. The van der Waals surface area contributed by atoms with Gasteiger partial charge in [0.25, 0.3) is 5.91 Å². The van der Waals surface area contributed by atoms with E-state index >= 15 is 0 Å². The number of hydrogen-bond donors (Lipinski definition) is 3. The molecule has 2 rings (SSSR count). The lowest BCUT2D eigenvalue weighted by atomic mass is 10.3. The summed E-state index contributed by atoms with van der Waals surface area (Å²) in [6.45, 7) is 0.922. The minimum absolute atomic E-state index is 0.255. The summed E-state index contributed by atoms with van der Waals surface area (Å²) in [5.41, 5.74) is 0.797. The van der Waals surface area contributed by atoms with Crippen LogP contribution in [0.5, 0.6) is 11.5 Å². The van der Waals surface area contributed by atoms with Gasteiger partial charge in [-0.25, -0.2) is 0 Å². The van der Waals surface area contributed by atoms with Gasteiger partial charge in [0.1, 0.15) is 0 Å². The van der Waals surface area contributed by atoms with Crippen molar-refractivity contribution in [2.45, 2.75) is 0 Å². The summed E-state index contributed by atoms with van der Waals surface area (Å²) >= 11 is 0. The number of nitrogens with one attached hydrogen (secondary N) is 3. The molecular formula is C17H22N4O4. The molecule has 25 heavy (non-hydrogen) atoms. The molecule has 1 aromatic carbocycles. The zero-order valence-electron chi connectivity index (χ0n) is 14.5. The highest BCUT2D eigenvalue weighted by atomic mass is 16.5. The van der Waals surface area contributed by atoms with Gasteiger partial charge in [-0.15, -0.1) is 0 Å². The van der Waals surface area contributed by atoms with E-state index in [1.54, 1.807) is 39.5 Å². The van der Waals surface area contributed by atoms with Crippen molar-refractivity contribution in [3.05, 3.63) is 42.4 Å². The fourth-order valence-electron chi connectivity index (χ4n) is 2.08. The number of carbonyl (C=O) groups excluding carboxylic acids is 1. The molecule has 0 aliphatic carbocycles. The summed E-state index contributed by atoms with van der Waals surface area (Å²) in [6, 6.07) is 8.75. The van der Waals surface area contributed by atoms with Crippen LogP contribution in [-0.4, -0.2) is 46.2 Å². The lowest BCUT2D eigenvalue weighted by Gasteiger charge is -2.14. The molecule has 0 aliphatic rings. The summed E-state index contributed by atoms with van der Waals surface area (Å²) in [4.78, 5) is 15.9. The molecule has 0 atom stereocenters. The Kier molecular flexibility index (Phi) is 6.70.